The van der Waals surface area contributed by atoms with Crippen molar-refractivity contribution in [2.75, 3.05) is 18.4 Å². The van der Waals surface area contributed by atoms with Gasteiger partial charge in [0, 0.05) is 35.2 Å². The Balaban J connectivity index is 2.24. The normalized spacial score (nSPS) is 10.6. The predicted molar refractivity (Wildman–Crippen MR) is 82.0 cm³/mol. The van der Waals surface area contributed by atoms with Crippen molar-refractivity contribution in [3.05, 3.63) is 28.2 Å². The van der Waals surface area contributed by atoms with Gasteiger partial charge in [-0.3, -0.25) is 4.79 Å². The smallest absolute Gasteiger partial charge is 0.221 e. The highest BCUT2D eigenvalue weighted by Gasteiger charge is 2.02. The van der Waals surface area contributed by atoms with Crippen LogP contribution in [0.3, 0.4) is 0 Å². The van der Waals surface area contributed by atoms with Gasteiger partial charge in [0.25, 0.3) is 0 Å². The van der Waals surface area contributed by atoms with E-state index in [4.69, 9.17) is 23.2 Å². The summed E-state index contributed by atoms with van der Waals surface area (Å²) in [5, 5.41) is 7.18. The van der Waals surface area contributed by atoms with E-state index in [0.29, 0.717) is 28.9 Å². The van der Waals surface area contributed by atoms with Crippen molar-refractivity contribution in [3.8, 4) is 0 Å². The molecule has 0 aromatic heterocycles. The van der Waals surface area contributed by atoms with Crippen molar-refractivity contribution < 1.29 is 4.79 Å². The molecule has 0 aliphatic rings. The first-order valence-corrected chi connectivity index (χ1v) is 7.19. The van der Waals surface area contributed by atoms with Crippen LogP contribution < -0.4 is 10.6 Å². The zero-order chi connectivity index (χ0) is 14.3. The minimum absolute atomic E-state index is 0.0567. The zero-order valence-corrected chi connectivity index (χ0v) is 12.8. The SMILES string of the molecule is CC(C)CCNC(=O)CCNc1cc(Cl)cc(Cl)c1. The Bertz CT molecular complexity index is 402. The van der Waals surface area contributed by atoms with Crippen molar-refractivity contribution in [1.29, 1.82) is 0 Å². The summed E-state index contributed by atoms with van der Waals surface area (Å²) in [5.74, 6) is 0.660. The summed E-state index contributed by atoms with van der Waals surface area (Å²) in [4.78, 5) is 11.5. The lowest BCUT2D eigenvalue weighted by Gasteiger charge is -2.09. The fourth-order valence-electron chi connectivity index (χ4n) is 1.56. The third-order valence-corrected chi connectivity index (χ3v) is 3.02. The van der Waals surface area contributed by atoms with Crippen LogP contribution in [0, 0.1) is 5.92 Å². The Morgan fingerprint density at radius 1 is 1.16 bits per heavy atom. The van der Waals surface area contributed by atoms with Crippen molar-refractivity contribution in [3.63, 3.8) is 0 Å². The van der Waals surface area contributed by atoms with Crippen LogP contribution in [-0.2, 0) is 4.79 Å². The van der Waals surface area contributed by atoms with Crippen molar-refractivity contribution in [2.45, 2.75) is 26.7 Å². The molecule has 0 aliphatic carbocycles. The van der Waals surface area contributed by atoms with Crippen LogP contribution in [0.2, 0.25) is 10.0 Å². The van der Waals surface area contributed by atoms with Gasteiger partial charge < -0.3 is 10.6 Å². The van der Waals surface area contributed by atoms with E-state index in [1.54, 1.807) is 18.2 Å². The lowest BCUT2D eigenvalue weighted by molar-refractivity contribution is -0.120. The van der Waals surface area contributed by atoms with Gasteiger partial charge in [0.1, 0.15) is 0 Å². The van der Waals surface area contributed by atoms with Gasteiger partial charge in [0.05, 0.1) is 0 Å². The molecular formula is C14H20Cl2N2O. The van der Waals surface area contributed by atoms with E-state index in [2.05, 4.69) is 24.5 Å². The maximum Gasteiger partial charge on any atom is 0.221 e. The third-order valence-electron chi connectivity index (χ3n) is 2.59. The van der Waals surface area contributed by atoms with Crippen LogP contribution >= 0.6 is 23.2 Å². The van der Waals surface area contributed by atoms with Crippen molar-refractivity contribution >= 4 is 34.8 Å². The predicted octanol–water partition coefficient (Wildman–Crippen LogP) is 3.96. The summed E-state index contributed by atoms with van der Waals surface area (Å²) in [6.45, 7) is 5.57. The summed E-state index contributed by atoms with van der Waals surface area (Å²) in [5.41, 5.74) is 0.826. The lowest BCUT2D eigenvalue weighted by Crippen LogP contribution is -2.27. The molecule has 0 saturated carbocycles. The molecule has 0 spiro atoms. The number of hydrogen-bond acceptors (Lipinski definition) is 2. The van der Waals surface area contributed by atoms with Gasteiger partial charge in [-0.2, -0.15) is 0 Å². The molecule has 0 heterocycles. The minimum atomic E-state index is 0.0567. The Labute approximate surface area is 124 Å². The van der Waals surface area contributed by atoms with E-state index >= 15 is 0 Å². The van der Waals surface area contributed by atoms with E-state index < -0.39 is 0 Å². The number of nitrogens with one attached hydrogen (secondary N) is 2. The van der Waals surface area contributed by atoms with E-state index in [1.807, 2.05) is 0 Å². The van der Waals surface area contributed by atoms with Crippen LogP contribution in [0.25, 0.3) is 0 Å². The molecular weight excluding hydrogens is 283 g/mol. The second-order valence-corrected chi connectivity index (χ2v) is 5.74. The average molecular weight is 303 g/mol. The molecule has 0 radical (unpaired) electrons. The number of carbonyl (C=O) groups is 1. The Hall–Kier alpha value is -0.930. The number of amides is 1. The minimum Gasteiger partial charge on any atom is -0.384 e. The molecule has 0 fully saturated rings. The van der Waals surface area contributed by atoms with Gasteiger partial charge in [-0.25, -0.2) is 0 Å². The summed E-state index contributed by atoms with van der Waals surface area (Å²) in [6.07, 6.45) is 1.44. The van der Waals surface area contributed by atoms with Gasteiger partial charge in [0.15, 0.2) is 0 Å². The molecule has 0 atom stereocenters. The Morgan fingerprint density at radius 2 is 1.79 bits per heavy atom. The average Bonchev–Trinajstić information content (AvgIpc) is 2.27. The first kappa shape index (κ1) is 16.1. The second kappa shape index (κ2) is 8.28. The molecule has 1 amide bonds. The summed E-state index contributed by atoms with van der Waals surface area (Å²) in [7, 11) is 0. The molecule has 19 heavy (non-hydrogen) atoms. The topological polar surface area (TPSA) is 41.1 Å². The number of rotatable bonds is 7. The fourth-order valence-corrected chi connectivity index (χ4v) is 2.09. The van der Waals surface area contributed by atoms with E-state index in [9.17, 15) is 4.79 Å². The molecule has 1 rings (SSSR count). The fraction of sp³-hybridized carbons (Fsp3) is 0.500. The van der Waals surface area contributed by atoms with Crippen LogP contribution in [0.5, 0.6) is 0 Å². The van der Waals surface area contributed by atoms with Crippen molar-refractivity contribution in [2.24, 2.45) is 5.92 Å². The van der Waals surface area contributed by atoms with Crippen LogP contribution in [0.1, 0.15) is 26.7 Å². The molecule has 0 saturated heterocycles. The number of halogens is 2. The largest absolute Gasteiger partial charge is 0.384 e. The molecule has 0 aliphatic heterocycles. The van der Waals surface area contributed by atoms with E-state index in [1.165, 1.54) is 0 Å². The summed E-state index contributed by atoms with van der Waals surface area (Å²) >= 11 is 11.8. The molecule has 0 bridgehead atoms. The van der Waals surface area contributed by atoms with Gasteiger partial charge in [0.2, 0.25) is 5.91 Å². The van der Waals surface area contributed by atoms with Gasteiger partial charge in [-0.05, 0) is 30.5 Å². The van der Waals surface area contributed by atoms with Crippen LogP contribution in [0.4, 0.5) is 5.69 Å². The summed E-state index contributed by atoms with van der Waals surface area (Å²) in [6, 6.07) is 5.24. The van der Waals surface area contributed by atoms with Crippen molar-refractivity contribution in [1.82, 2.24) is 5.32 Å². The lowest BCUT2D eigenvalue weighted by atomic mass is 10.1. The highest BCUT2D eigenvalue weighted by molar-refractivity contribution is 6.35. The number of hydrogen-bond donors (Lipinski definition) is 2. The van der Waals surface area contributed by atoms with Crippen LogP contribution in [0.15, 0.2) is 18.2 Å². The van der Waals surface area contributed by atoms with Gasteiger partial charge in [-0.1, -0.05) is 37.0 Å². The molecule has 2 N–H and O–H groups in total. The highest BCUT2D eigenvalue weighted by Crippen LogP contribution is 2.22. The molecule has 5 heteroatoms. The third kappa shape index (κ3) is 7.28. The number of carbonyl (C=O) groups excluding carboxylic acids is 1. The van der Waals surface area contributed by atoms with E-state index in [0.717, 1.165) is 18.7 Å². The standard InChI is InChI=1S/C14H20Cl2N2O/c1-10(2)3-5-18-14(19)4-6-17-13-8-11(15)7-12(16)9-13/h7-10,17H,3-6H2,1-2H3,(H,18,19). The zero-order valence-electron chi connectivity index (χ0n) is 11.3. The van der Waals surface area contributed by atoms with Crippen LogP contribution in [-0.4, -0.2) is 19.0 Å². The van der Waals surface area contributed by atoms with Gasteiger partial charge >= 0.3 is 0 Å². The molecule has 0 unspecified atom stereocenters. The quantitative estimate of drug-likeness (QED) is 0.800. The molecule has 106 valence electrons. The summed E-state index contributed by atoms with van der Waals surface area (Å²) < 4.78 is 0. The number of anilines is 1. The first-order chi connectivity index (χ1) is 8.97. The molecule has 3 nitrogen and oxygen atoms in total. The Kier molecular flexibility index (Phi) is 7.03. The first-order valence-electron chi connectivity index (χ1n) is 6.44. The van der Waals surface area contributed by atoms with E-state index in [-0.39, 0.29) is 5.91 Å². The number of benzene rings is 1. The van der Waals surface area contributed by atoms with Gasteiger partial charge in [-0.15, -0.1) is 0 Å². The monoisotopic (exact) mass is 302 g/mol. The maximum atomic E-state index is 11.5. The molecule has 1 aromatic carbocycles. The highest BCUT2D eigenvalue weighted by atomic mass is 35.5. The Morgan fingerprint density at radius 3 is 2.37 bits per heavy atom. The molecule has 1 aromatic rings. The maximum absolute atomic E-state index is 11.5. The second-order valence-electron chi connectivity index (χ2n) is 4.87.